The minimum Gasteiger partial charge on any atom is -0.351 e. The van der Waals surface area contributed by atoms with Crippen LogP contribution in [0.2, 0.25) is 36.3 Å². The van der Waals surface area contributed by atoms with E-state index in [1.165, 1.54) is 0 Å². The normalized spacial score (nSPS) is 13.4. The zero-order chi connectivity index (χ0) is 16.6. The lowest BCUT2D eigenvalue weighted by molar-refractivity contribution is 0.374. The standard InChI is InChI=1S/C15H35O3PSi2/c1-8-15-19(16,17-20(9-2,10-3)11-4)18-21(12-5,13-6)14-7/h8H,1,9-15H2,2-7H3. The van der Waals surface area contributed by atoms with Gasteiger partial charge in [0.25, 0.3) is 0 Å². The average molecular weight is 351 g/mol. The second-order valence-electron chi connectivity index (χ2n) is 5.75. The molecule has 0 aliphatic carbocycles. The van der Waals surface area contributed by atoms with E-state index in [-0.39, 0.29) is 0 Å². The van der Waals surface area contributed by atoms with E-state index >= 15 is 0 Å². The molecule has 0 N–H and O–H groups in total. The first-order valence-corrected chi connectivity index (χ1v) is 15.2. The van der Waals surface area contributed by atoms with Crippen molar-refractivity contribution in [3.63, 3.8) is 0 Å². The van der Waals surface area contributed by atoms with Crippen LogP contribution in [0.4, 0.5) is 0 Å². The molecule has 6 heteroatoms. The van der Waals surface area contributed by atoms with E-state index in [1.54, 1.807) is 6.08 Å². The lowest BCUT2D eigenvalue weighted by Crippen LogP contribution is -2.39. The van der Waals surface area contributed by atoms with Gasteiger partial charge in [0.1, 0.15) is 0 Å². The molecule has 0 atom stereocenters. The fourth-order valence-corrected chi connectivity index (χ4v) is 14.9. The minimum atomic E-state index is -3.06. The fraction of sp³-hybridized carbons (Fsp3) is 0.867. The molecule has 0 aromatic rings. The third-order valence-electron chi connectivity index (χ3n) is 4.88. The summed E-state index contributed by atoms with van der Waals surface area (Å²) in [6.45, 7) is 16.7. The van der Waals surface area contributed by atoms with Crippen molar-refractivity contribution in [3.05, 3.63) is 12.7 Å². The minimum absolute atomic E-state index is 0.344. The predicted octanol–water partition coefficient (Wildman–Crippen LogP) is 6.41. The van der Waals surface area contributed by atoms with Gasteiger partial charge in [-0.1, -0.05) is 47.6 Å². The predicted molar refractivity (Wildman–Crippen MR) is 99.2 cm³/mol. The molecule has 0 unspecified atom stereocenters. The average Bonchev–Trinajstić information content (AvgIpc) is 2.51. The Morgan fingerprint density at radius 2 is 1.10 bits per heavy atom. The Bertz CT molecular complexity index is 310. The summed E-state index contributed by atoms with van der Waals surface area (Å²) in [5.74, 6) is 0. The molecule has 0 fully saturated rings. The lowest BCUT2D eigenvalue weighted by Gasteiger charge is -2.37. The van der Waals surface area contributed by atoms with E-state index in [9.17, 15) is 4.57 Å². The molecule has 0 aliphatic rings. The van der Waals surface area contributed by atoms with Crippen molar-refractivity contribution in [3.8, 4) is 0 Å². The summed E-state index contributed by atoms with van der Waals surface area (Å²) < 4.78 is 26.0. The molecule has 0 heterocycles. The molecule has 0 radical (unpaired) electrons. The van der Waals surface area contributed by atoms with Crippen molar-refractivity contribution >= 4 is 24.2 Å². The van der Waals surface area contributed by atoms with Crippen molar-refractivity contribution in [2.24, 2.45) is 0 Å². The molecule has 0 aromatic heterocycles. The van der Waals surface area contributed by atoms with Crippen molar-refractivity contribution in [1.29, 1.82) is 0 Å². The Morgan fingerprint density at radius 1 is 0.810 bits per heavy atom. The van der Waals surface area contributed by atoms with Gasteiger partial charge in [0, 0.05) is 0 Å². The fourth-order valence-electron chi connectivity index (χ4n) is 2.73. The monoisotopic (exact) mass is 350 g/mol. The summed E-state index contributed by atoms with van der Waals surface area (Å²) in [5.41, 5.74) is 0. The van der Waals surface area contributed by atoms with Crippen molar-refractivity contribution < 1.29 is 13.0 Å². The van der Waals surface area contributed by atoms with Crippen LogP contribution in [0.3, 0.4) is 0 Å². The SMILES string of the molecule is C=CCP(=O)(O[Si](CC)(CC)CC)O[Si](CC)(CC)CC. The number of allylic oxidation sites excluding steroid dienone is 1. The highest BCUT2D eigenvalue weighted by Crippen LogP contribution is 2.56. The molecular weight excluding hydrogens is 315 g/mol. The quantitative estimate of drug-likeness (QED) is 0.232. The largest absolute Gasteiger partial charge is 0.351 e. The van der Waals surface area contributed by atoms with Crippen LogP contribution in [0.1, 0.15) is 41.5 Å². The molecule has 0 spiro atoms. The highest BCUT2D eigenvalue weighted by atomic mass is 31.2. The van der Waals surface area contributed by atoms with Gasteiger partial charge in [-0.15, -0.1) is 6.58 Å². The molecule has 0 bridgehead atoms. The Labute approximate surface area is 134 Å². The van der Waals surface area contributed by atoms with E-state index in [2.05, 4.69) is 48.1 Å². The van der Waals surface area contributed by atoms with Crippen LogP contribution >= 0.6 is 7.60 Å². The van der Waals surface area contributed by atoms with Crippen LogP contribution < -0.4 is 0 Å². The van der Waals surface area contributed by atoms with Crippen LogP contribution in [0.25, 0.3) is 0 Å². The smallest absolute Gasteiger partial charge is 0.315 e. The van der Waals surface area contributed by atoms with Gasteiger partial charge < -0.3 is 8.43 Å². The Morgan fingerprint density at radius 3 is 1.29 bits per heavy atom. The first-order chi connectivity index (χ1) is 9.84. The zero-order valence-corrected chi connectivity index (χ0v) is 17.8. The molecule has 0 aromatic carbocycles. The maximum absolute atomic E-state index is 13.4. The first-order valence-electron chi connectivity index (χ1n) is 8.45. The van der Waals surface area contributed by atoms with Gasteiger partial charge >= 0.3 is 7.60 Å². The van der Waals surface area contributed by atoms with Crippen LogP contribution in [0.15, 0.2) is 12.7 Å². The number of rotatable bonds is 12. The van der Waals surface area contributed by atoms with Gasteiger partial charge in [-0.25, -0.2) is 0 Å². The highest BCUT2D eigenvalue weighted by Gasteiger charge is 2.43. The summed E-state index contributed by atoms with van der Waals surface area (Å²) in [5, 5.41) is 0. The Hall–Kier alpha value is 0.324. The Balaban J connectivity index is 5.42. The molecule has 0 aliphatic heterocycles. The Kier molecular flexibility index (Phi) is 9.61. The van der Waals surface area contributed by atoms with Crippen molar-refractivity contribution in [2.45, 2.75) is 77.8 Å². The summed E-state index contributed by atoms with van der Waals surface area (Å²) >= 11 is 0. The second kappa shape index (κ2) is 9.46. The van der Waals surface area contributed by atoms with E-state index in [0.29, 0.717) is 6.16 Å². The molecular formula is C15H35O3PSi2. The van der Waals surface area contributed by atoms with Gasteiger partial charge in [0.05, 0.1) is 6.16 Å². The number of hydrogen-bond donors (Lipinski definition) is 0. The molecule has 3 nitrogen and oxygen atoms in total. The summed E-state index contributed by atoms with van der Waals surface area (Å²) in [6, 6.07) is 5.94. The highest BCUT2D eigenvalue weighted by molar-refractivity contribution is 7.57. The summed E-state index contributed by atoms with van der Waals surface area (Å²) in [6.07, 6.45) is 2.04. The molecule has 0 amide bonds. The third kappa shape index (κ3) is 5.79. The van der Waals surface area contributed by atoms with Gasteiger partial charge in [-0.05, 0) is 36.3 Å². The van der Waals surface area contributed by atoms with Crippen LogP contribution in [0, 0.1) is 0 Å². The van der Waals surface area contributed by atoms with Gasteiger partial charge in [0.15, 0.2) is 0 Å². The third-order valence-corrected chi connectivity index (χ3v) is 18.6. The van der Waals surface area contributed by atoms with Gasteiger partial charge in [0.2, 0.25) is 16.6 Å². The number of hydrogen-bond acceptors (Lipinski definition) is 3. The van der Waals surface area contributed by atoms with Crippen LogP contribution in [-0.2, 0) is 13.0 Å². The van der Waals surface area contributed by atoms with Crippen molar-refractivity contribution in [2.75, 3.05) is 6.16 Å². The molecule has 21 heavy (non-hydrogen) atoms. The van der Waals surface area contributed by atoms with Gasteiger partial charge in [-0.3, -0.25) is 4.57 Å². The summed E-state index contributed by atoms with van der Waals surface area (Å²) in [4.78, 5) is 0. The molecule has 0 rings (SSSR count). The summed E-state index contributed by atoms with van der Waals surface area (Å²) in [7, 11) is -6.94. The maximum atomic E-state index is 13.4. The van der Waals surface area contributed by atoms with E-state index in [1.807, 2.05) is 0 Å². The first kappa shape index (κ1) is 21.3. The second-order valence-corrected chi connectivity index (χ2v) is 17.8. The topological polar surface area (TPSA) is 35.5 Å². The molecule has 0 saturated carbocycles. The van der Waals surface area contributed by atoms with E-state index in [4.69, 9.17) is 8.43 Å². The van der Waals surface area contributed by atoms with E-state index < -0.39 is 24.2 Å². The van der Waals surface area contributed by atoms with Crippen molar-refractivity contribution in [1.82, 2.24) is 0 Å². The maximum Gasteiger partial charge on any atom is 0.315 e. The molecule has 0 saturated heterocycles. The van der Waals surface area contributed by atoms with Crippen LogP contribution in [-0.4, -0.2) is 22.8 Å². The van der Waals surface area contributed by atoms with Crippen LogP contribution in [0.5, 0.6) is 0 Å². The molecule has 126 valence electrons. The van der Waals surface area contributed by atoms with E-state index in [0.717, 1.165) is 36.3 Å². The zero-order valence-electron chi connectivity index (χ0n) is 14.9. The van der Waals surface area contributed by atoms with Gasteiger partial charge in [-0.2, -0.15) is 0 Å². The lowest BCUT2D eigenvalue weighted by atomic mass is 10.8.